The predicted molar refractivity (Wildman–Crippen MR) is 128 cm³/mol. The summed E-state index contributed by atoms with van der Waals surface area (Å²) < 4.78 is 35.3. The Morgan fingerprint density at radius 1 is 1.03 bits per heavy atom. The van der Waals surface area contributed by atoms with E-state index in [2.05, 4.69) is 10.6 Å². The molecule has 178 valence electrons. The van der Waals surface area contributed by atoms with Crippen LogP contribution in [0.3, 0.4) is 0 Å². The van der Waals surface area contributed by atoms with E-state index in [0.29, 0.717) is 12.1 Å². The molecule has 0 aliphatic heterocycles. The maximum atomic E-state index is 12.6. The maximum Gasteiger partial charge on any atom is 0.339 e. The summed E-state index contributed by atoms with van der Waals surface area (Å²) in [6.07, 6.45) is 4.56. The molecule has 0 radical (unpaired) electrons. The summed E-state index contributed by atoms with van der Waals surface area (Å²) in [5, 5.41) is 5.33. The van der Waals surface area contributed by atoms with Gasteiger partial charge in [-0.15, -0.1) is 0 Å². The Hall–Kier alpha value is -3.85. The lowest BCUT2D eigenvalue weighted by atomic mass is 10.1. The SMILES string of the molecule is CCCCNC(=O)/C(=C\c1ccc(OS(=O)(=O)c2ccc(C)cc2)cc1)NC(=O)c1ccco1. The highest BCUT2D eigenvalue weighted by atomic mass is 32.2. The highest BCUT2D eigenvalue weighted by molar-refractivity contribution is 7.87. The van der Waals surface area contributed by atoms with Crippen molar-refractivity contribution in [2.24, 2.45) is 0 Å². The van der Waals surface area contributed by atoms with Crippen LogP contribution in [0.4, 0.5) is 0 Å². The first kappa shape index (κ1) is 24.8. The van der Waals surface area contributed by atoms with E-state index in [4.69, 9.17) is 8.60 Å². The molecule has 3 aromatic rings. The lowest BCUT2D eigenvalue weighted by molar-refractivity contribution is -0.117. The van der Waals surface area contributed by atoms with E-state index in [1.54, 1.807) is 30.3 Å². The number of hydrogen-bond acceptors (Lipinski definition) is 6. The first-order chi connectivity index (χ1) is 16.3. The van der Waals surface area contributed by atoms with E-state index in [-0.39, 0.29) is 22.1 Å². The van der Waals surface area contributed by atoms with Crippen LogP contribution in [0.5, 0.6) is 5.75 Å². The van der Waals surface area contributed by atoms with Gasteiger partial charge in [0.05, 0.1) is 6.26 Å². The number of aryl methyl sites for hydroxylation is 1. The van der Waals surface area contributed by atoms with Crippen LogP contribution in [0.1, 0.15) is 41.4 Å². The molecule has 3 rings (SSSR count). The van der Waals surface area contributed by atoms with Gasteiger partial charge in [-0.05, 0) is 61.4 Å². The van der Waals surface area contributed by atoms with Crippen molar-refractivity contribution >= 4 is 28.0 Å². The maximum absolute atomic E-state index is 12.6. The van der Waals surface area contributed by atoms with Crippen LogP contribution in [0.15, 0.2) is 81.9 Å². The van der Waals surface area contributed by atoms with Gasteiger partial charge in [0, 0.05) is 6.54 Å². The Morgan fingerprint density at radius 3 is 2.35 bits per heavy atom. The third-order valence-electron chi connectivity index (χ3n) is 4.76. The Labute approximate surface area is 198 Å². The van der Waals surface area contributed by atoms with Gasteiger partial charge >= 0.3 is 10.1 Å². The standard InChI is InChI=1S/C25H26N2O6S/c1-3-4-15-26-24(28)22(27-25(29)23-6-5-16-32-23)17-19-9-11-20(12-10-19)33-34(30,31)21-13-7-18(2)8-14-21/h5-14,16-17H,3-4,15H2,1-2H3,(H,26,28)(H,27,29)/b22-17+. The van der Waals surface area contributed by atoms with Crippen LogP contribution >= 0.6 is 0 Å². The molecule has 0 saturated carbocycles. The fourth-order valence-electron chi connectivity index (χ4n) is 2.89. The van der Waals surface area contributed by atoms with Crippen LogP contribution in [-0.4, -0.2) is 26.8 Å². The number of benzene rings is 2. The van der Waals surface area contributed by atoms with E-state index >= 15 is 0 Å². The Balaban J connectivity index is 1.78. The van der Waals surface area contributed by atoms with Crippen LogP contribution in [0.25, 0.3) is 6.08 Å². The average Bonchev–Trinajstić information content (AvgIpc) is 3.35. The molecule has 34 heavy (non-hydrogen) atoms. The second-order valence-corrected chi connectivity index (χ2v) is 9.06. The van der Waals surface area contributed by atoms with Gasteiger partial charge in [0.1, 0.15) is 16.3 Å². The number of unbranched alkanes of at least 4 members (excludes halogenated alkanes) is 1. The molecule has 1 heterocycles. The van der Waals surface area contributed by atoms with Crippen LogP contribution in [-0.2, 0) is 14.9 Å². The van der Waals surface area contributed by atoms with Crippen molar-refractivity contribution in [2.45, 2.75) is 31.6 Å². The van der Waals surface area contributed by atoms with Crippen LogP contribution in [0, 0.1) is 6.92 Å². The Kier molecular flexibility index (Phi) is 8.26. The Morgan fingerprint density at radius 2 is 1.74 bits per heavy atom. The van der Waals surface area contributed by atoms with Crippen molar-refractivity contribution in [3.63, 3.8) is 0 Å². The minimum Gasteiger partial charge on any atom is -0.459 e. The molecule has 0 atom stereocenters. The molecule has 0 bridgehead atoms. The predicted octanol–water partition coefficient (Wildman–Crippen LogP) is 4.04. The van der Waals surface area contributed by atoms with Crippen molar-refractivity contribution in [2.75, 3.05) is 6.54 Å². The highest BCUT2D eigenvalue weighted by Gasteiger charge is 2.18. The van der Waals surface area contributed by atoms with Gasteiger partial charge in [0.15, 0.2) is 5.76 Å². The molecule has 0 aliphatic rings. The van der Waals surface area contributed by atoms with Gasteiger partial charge in [-0.25, -0.2) is 0 Å². The molecule has 0 aliphatic carbocycles. The molecule has 2 amide bonds. The summed E-state index contributed by atoms with van der Waals surface area (Å²) in [4.78, 5) is 25.1. The van der Waals surface area contributed by atoms with Crippen molar-refractivity contribution in [3.8, 4) is 5.75 Å². The molecule has 9 heteroatoms. The number of carbonyl (C=O) groups is 2. The van der Waals surface area contributed by atoms with E-state index in [1.807, 2.05) is 13.8 Å². The molecule has 0 unspecified atom stereocenters. The molecule has 2 N–H and O–H groups in total. The largest absolute Gasteiger partial charge is 0.459 e. The smallest absolute Gasteiger partial charge is 0.339 e. The van der Waals surface area contributed by atoms with Crippen molar-refractivity contribution < 1.29 is 26.6 Å². The third-order valence-corrected chi connectivity index (χ3v) is 6.02. The molecular weight excluding hydrogens is 456 g/mol. The van der Waals surface area contributed by atoms with Gasteiger partial charge in [-0.1, -0.05) is 43.2 Å². The van der Waals surface area contributed by atoms with Crippen molar-refractivity contribution in [1.82, 2.24) is 10.6 Å². The van der Waals surface area contributed by atoms with E-state index < -0.39 is 21.9 Å². The van der Waals surface area contributed by atoms with Crippen LogP contribution in [0.2, 0.25) is 0 Å². The van der Waals surface area contributed by atoms with Crippen molar-refractivity contribution in [3.05, 3.63) is 89.5 Å². The first-order valence-electron chi connectivity index (χ1n) is 10.7. The molecular formula is C25H26N2O6S. The number of furan rings is 1. The minimum absolute atomic E-state index is 0.0263. The van der Waals surface area contributed by atoms with Crippen LogP contribution < -0.4 is 14.8 Å². The van der Waals surface area contributed by atoms with Crippen molar-refractivity contribution in [1.29, 1.82) is 0 Å². The highest BCUT2D eigenvalue weighted by Crippen LogP contribution is 2.20. The van der Waals surface area contributed by atoms with Gasteiger partial charge in [0.2, 0.25) is 0 Å². The fourth-order valence-corrected chi connectivity index (χ4v) is 3.82. The normalized spacial score (nSPS) is 11.6. The van der Waals surface area contributed by atoms with E-state index in [0.717, 1.165) is 18.4 Å². The first-order valence-corrected chi connectivity index (χ1v) is 12.2. The quantitative estimate of drug-likeness (QED) is 0.256. The number of rotatable bonds is 10. The Bertz CT molecular complexity index is 1250. The van der Waals surface area contributed by atoms with E-state index in [1.165, 1.54) is 42.7 Å². The van der Waals surface area contributed by atoms with Gasteiger partial charge in [-0.2, -0.15) is 8.42 Å². The zero-order valence-corrected chi connectivity index (χ0v) is 19.7. The number of amides is 2. The summed E-state index contributed by atoms with van der Waals surface area (Å²) in [6.45, 7) is 4.33. The lowest BCUT2D eigenvalue weighted by Gasteiger charge is -2.11. The zero-order valence-electron chi connectivity index (χ0n) is 18.9. The second-order valence-electron chi connectivity index (χ2n) is 7.52. The number of nitrogens with one attached hydrogen (secondary N) is 2. The summed E-state index contributed by atoms with van der Waals surface area (Å²) >= 11 is 0. The monoisotopic (exact) mass is 482 g/mol. The second kappa shape index (κ2) is 11.3. The minimum atomic E-state index is -3.98. The van der Waals surface area contributed by atoms with E-state index in [9.17, 15) is 18.0 Å². The molecule has 2 aromatic carbocycles. The number of carbonyl (C=O) groups excluding carboxylic acids is 2. The lowest BCUT2D eigenvalue weighted by Crippen LogP contribution is -2.35. The molecule has 0 saturated heterocycles. The van der Waals surface area contributed by atoms with Gasteiger partial charge < -0.3 is 19.2 Å². The summed E-state index contributed by atoms with van der Waals surface area (Å²) in [5.41, 5.74) is 1.52. The summed E-state index contributed by atoms with van der Waals surface area (Å²) in [5.74, 6) is -0.828. The summed E-state index contributed by atoms with van der Waals surface area (Å²) in [6, 6.07) is 15.5. The molecule has 1 aromatic heterocycles. The third kappa shape index (κ3) is 6.82. The molecule has 0 spiro atoms. The molecule has 0 fully saturated rings. The van der Waals surface area contributed by atoms with Gasteiger partial charge in [0.25, 0.3) is 11.8 Å². The zero-order chi connectivity index (χ0) is 24.6. The summed E-state index contributed by atoms with van der Waals surface area (Å²) in [7, 11) is -3.98. The number of hydrogen-bond donors (Lipinski definition) is 2. The fraction of sp³-hybridized carbons (Fsp3) is 0.200. The van der Waals surface area contributed by atoms with Gasteiger partial charge in [-0.3, -0.25) is 9.59 Å². The average molecular weight is 483 g/mol. The molecule has 8 nitrogen and oxygen atoms in total. The topological polar surface area (TPSA) is 115 Å².